The molecule has 2 rings (SSSR count). The van der Waals surface area contributed by atoms with Gasteiger partial charge in [-0.2, -0.15) is 0 Å². The van der Waals surface area contributed by atoms with Gasteiger partial charge in [0.15, 0.2) is 0 Å². The summed E-state index contributed by atoms with van der Waals surface area (Å²) in [5.41, 5.74) is 7.27. The number of nitrogens with zero attached hydrogens (tertiary/aromatic N) is 2. The minimum atomic E-state index is -0.323. The van der Waals surface area contributed by atoms with Gasteiger partial charge in [0.1, 0.15) is 5.82 Å². The van der Waals surface area contributed by atoms with Crippen LogP contribution in [0.1, 0.15) is 16.8 Å². The van der Waals surface area contributed by atoms with Crippen molar-refractivity contribution >= 4 is 0 Å². The Kier molecular flexibility index (Phi) is 3.53. The van der Waals surface area contributed by atoms with E-state index in [1.54, 1.807) is 19.1 Å². The van der Waals surface area contributed by atoms with E-state index in [2.05, 4.69) is 4.98 Å². The van der Waals surface area contributed by atoms with Crippen LogP contribution in [0.5, 0.6) is 0 Å². The van der Waals surface area contributed by atoms with E-state index in [9.17, 15) is 9.18 Å². The zero-order valence-electron chi connectivity index (χ0n) is 10.1. The number of rotatable bonds is 3. The highest BCUT2D eigenvalue weighted by Gasteiger charge is 2.04. The second-order valence-electron chi connectivity index (χ2n) is 4.13. The summed E-state index contributed by atoms with van der Waals surface area (Å²) in [6.07, 6.45) is 1.49. The van der Waals surface area contributed by atoms with Gasteiger partial charge in [-0.3, -0.25) is 9.36 Å². The Morgan fingerprint density at radius 1 is 1.39 bits per heavy atom. The first kappa shape index (κ1) is 12.4. The molecule has 0 spiro atoms. The molecule has 0 saturated heterocycles. The maximum Gasteiger partial charge on any atom is 0.253 e. The van der Waals surface area contributed by atoms with Gasteiger partial charge in [0.05, 0.1) is 12.9 Å². The highest BCUT2D eigenvalue weighted by molar-refractivity contribution is 5.25. The zero-order chi connectivity index (χ0) is 13.1. The van der Waals surface area contributed by atoms with Crippen LogP contribution in [0.25, 0.3) is 0 Å². The van der Waals surface area contributed by atoms with Crippen molar-refractivity contribution in [3.63, 3.8) is 0 Å². The molecule has 5 heteroatoms. The van der Waals surface area contributed by atoms with E-state index in [0.717, 1.165) is 5.56 Å². The van der Waals surface area contributed by atoms with Crippen LogP contribution in [0.15, 0.2) is 35.4 Å². The lowest BCUT2D eigenvalue weighted by Crippen LogP contribution is -2.20. The molecule has 2 aromatic rings. The van der Waals surface area contributed by atoms with Crippen molar-refractivity contribution in [1.29, 1.82) is 0 Å². The molecule has 94 valence electrons. The zero-order valence-corrected chi connectivity index (χ0v) is 10.1. The van der Waals surface area contributed by atoms with Crippen molar-refractivity contribution in [2.24, 2.45) is 5.73 Å². The Labute approximate surface area is 104 Å². The summed E-state index contributed by atoms with van der Waals surface area (Å²) < 4.78 is 14.8. The van der Waals surface area contributed by atoms with Gasteiger partial charge in [-0.05, 0) is 24.6 Å². The van der Waals surface area contributed by atoms with Crippen LogP contribution in [0.2, 0.25) is 0 Å². The van der Waals surface area contributed by atoms with Crippen LogP contribution in [0.3, 0.4) is 0 Å². The van der Waals surface area contributed by atoms with Gasteiger partial charge in [-0.25, -0.2) is 9.37 Å². The number of benzene rings is 1. The van der Waals surface area contributed by atoms with Crippen LogP contribution >= 0.6 is 0 Å². The molecule has 0 aliphatic rings. The summed E-state index contributed by atoms with van der Waals surface area (Å²) in [5, 5.41) is 0. The van der Waals surface area contributed by atoms with Crippen LogP contribution in [0, 0.1) is 12.7 Å². The van der Waals surface area contributed by atoms with Crippen LogP contribution in [-0.2, 0) is 13.1 Å². The van der Waals surface area contributed by atoms with Crippen molar-refractivity contribution in [1.82, 2.24) is 9.55 Å². The molecule has 0 saturated carbocycles. The topological polar surface area (TPSA) is 60.9 Å². The number of aromatic nitrogens is 2. The first-order valence-electron chi connectivity index (χ1n) is 5.60. The Balaban J connectivity index is 2.31. The standard InChI is InChI=1S/C13H14FN3O/c1-9-4-13(18)17(8-16-9)7-10-2-3-12(14)11(5-10)6-15/h2-5,8H,6-7,15H2,1H3. The first-order valence-corrected chi connectivity index (χ1v) is 5.60. The van der Waals surface area contributed by atoms with E-state index in [1.807, 2.05) is 0 Å². The average molecular weight is 247 g/mol. The number of aryl methyl sites for hydroxylation is 1. The summed E-state index contributed by atoms with van der Waals surface area (Å²) >= 11 is 0. The highest BCUT2D eigenvalue weighted by atomic mass is 19.1. The monoisotopic (exact) mass is 247 g/mol. The fourth-order valence-electron chi connectivity index (χ4n) is 1.71. The van der Waals surface area contributed by atoms with Crippen LogP contribution in [0.4, 0.5) is 4.39 Å². The lowest BCUT2D eigenvalue weighted by Gasteiger charge is -2.07. The molecule has 4 nitrogen and oxygen atoms in total. The molecular weight excluding hydrogens is 233 g/mol. The first-order chi connectivity index (χ1) is 8.60. The van der Waals surface area contributed by atoms with Gasteiger partial charge < -0.3 is 5.73 Å². The van der Waals surface area contributed by atoms with E-state index in [-0.39, 0.29) is 17.9 Å². The number of nitrogens with two attached hydrogens (primary N) is 1. The third-order valence-electron chi connectivity index (χ3n) is 2.70. The summed E-state index contributed by atoms with van der Waals surface area (Å²) in [5.74, 6) is -0.323. The Hall–Kier alpha value is -2.01. The molecular formula is C13H14FN3O. The van der Waals surface area contributed by atoms with Crippen molar-refractivity contribution in [3.8, 4) is 0 Å². The van der Waals surface area contributed by atoms with Crippen molar-refractivity contribution < 1.29 is 4.39 Å². The molecule has 0 aliphatic heterocycles. The molecule has 0 bridgehead atoms. The van der Waals surface area contributed by atoms with E-state index in [4.69, 9.17) is 5.73 Å². The van der Waals surface area contributed by atoms with Crippen LogP contribution in [-0.4, -0.2) is 9.55 Å². The molecule has 0 fully saturated rings. The highest BCUT2D eigenvalue weighted by Crippen LogP contribution is 2.10. The average Bonchev–Trinajstić information content (AvgIpc) is 2.35. The quantitative estimate of drug-likeness (QED) is 0.886. The molecule has 2 N–H and O–H groups in total. The normalized spacial score (nSPS) is 10.6. The summed E-state index contributed by atoms with van der Waals surface area (Å²) in [7, 11) is 0. The minimum absolute atomic E-state index is 0.124. The predicted molar refractivity (Wildman–Crippen MR) is 66.6 cm³/mol. The SMILES string of the molecule is Cc1cc(=O)n(Cc2ccc(F)c(CN)c2)cn1. The van der Waals surface area contributed by atoms with E-state index in [0.29, 0.717) is 17.8 Å². The van der Waals surface area contributed by atoms with Gasteiger partial charge in [-0.1, -0.05) is 6.07 Å². The van der Waals surface area contributed by atoms with Gasteiger partial charge in [0.2, 0.25) is 0 Å². The molecule has 18 heavy (non-hydrogen) atoms. The smallest absolute Gasteiger partial charge is 0.253 e. The van der Waals surface area contributed by atoms with Gasteiger partial charge in [-0.15, -0.1) is 0 Å². The third-order valence-corrected chi connectivity index (χ3v) is 2.70. The Bertz CT molecular complexity index is 622. The minimum Gasteiger partial charge on any atom is -0.326 e. The fraction of sp³-hybridized carbons (Fsp3) is 0.231. The number of halogens is 1. The Morgan fingerprint density at radius 3 is 2.83 bits per heavy atom. The van der Waals surface area contributed by atoms with Crippen LogP contribution < -0.4 is 11.3 Å². The predicted octanol–water partition coefficient (Wildman–Crippen LogP) is 1.20. The van der Waals surface area contributed by atoms with Crippen molar-refractivity contribution in [2.75, 3.05) is 0 Å². The lowest BCUT2D eigenvalue weighted by atomic mass is 10.1. The summed E-state index contributed by atoms with van der Waals surface area (Å²) in [4.78, 5) is 15.8. The fourth-order valence-corrected chi connectivity index (χ4v) is 1.71. The maximum absolute atomic E-state index is 13.3. The lowest BCUT2D eigenvalue weighted by molar-refractivity contribution is 0.608. The van der Waals surface area contributed by atoms with Gasteiger partial charge in [0.25, 0.3) is 5.56 Å². The molecule has 1 heterocycles. The summed E-state index contributed by atoms with van der Waals surface area (Å²) in [6.45, 7) is 2.26. The molecule has 1 aromatic heterocycles. The largest absolute Gasteiger partial charge is 0.326 e. The van der Waals surface area contributed by atoms with E-state index >= 15 is 0 Å². The molecule has 0 unspecified atom stereocenters. The molecule has 0 amide bonds. The molecule has 0 atom stereocenters. The maximum atomic E-state index is 13.3. The third kappa shape index (κ3) is 2.62. The Morgan fingerprint density at radius 2 is 2.17 bits per heavy atom. The second-order valence-corrected chi connectivity index (χ2v) is 4.13. The molecule has 0 aliphatic carbocycles. The number of hydrogen-bond donors (Lipinski definition) is 1. The van der Waals surface area contributed by atoms with E-state index < -0.39 is 0 Å². The molecule has 1 aromatic carbocycles. The van der Waals surface area contributed by atoms with Gasteiger partial charge >= 0.3 is 0 Å². The van der Waals surface area contributed by atoms with Crippen molar-refractivity contribution in [3.05, 3.63) is 63.6 Å². The van der Waals surface area contributed by atoms with E-state index in [1.165, 1.54) is 23.0 Å². The second kappa shape index (κ2) is 5.10. The van der Waals surface area contributed by atoms with Crippen molar-refractivity contribution in [2.45, 2.75) is 20.0 Å². The summed E-state index contributed by atoms with van der Waals surface area (Å²) in [6, 6.07) is 6.14. The number of hydrogen-bond acceptors (Lipinski definition) is 3. The molecule has 0 radical (unpaired) electrons. The van der Waals surface area contributed by atoms with Gasteiger partial charge in [0, 0.05) is 23.9 Å².